The molecule has 1 aliphatic rings. The lowest BCUT2D eigenvalue weighted by molar-refractivity contribution is -0.142. The van der Waals surface area contributed by atoms with E-state index in [0.29, 0.717) is 6.54 Å². The molecule has 0 aromatic carbocycles. The van der Waals surface area contributed by atoms with Gasteiger partial charge in [-0.15, -0.1) is 0 Å². The lowest BCUT2D eigenvalue weighted by Crippen LogP contribution is -2.24. The molecule has 0 radical (unpaired) electrons. The maximum atomic E-state index is 10.8. The highest BCUT2D eigenvalue weighted by Crippen LogP contribution is 2.23. The molecule has 0 aromatic rings. The Bertz CT molecular complexity index is 196. The van der Waals surface area contributed by atoms with E-state index in [-0.39, 0.29) is 18.4 Å². The molecule has 4 nitrogen and oxygen atoms in total. The maximum Gasteiger partial charge on any atom is 0.308 e. The molecule has 0 bridgehead atoms. The Kier molecular flexibility index (Phi) is 4.35. The quantitative estimate of drug-likeness (QED) is 0.632. The highest BCUT2D eigenvalue weighted by Gasteiger charge is 2.33. The fourth-order valence-corrected chi connectivity index (χ4v) is 2.02. The van der Waals surface area contributed by atoms with Gasteiger partial charge in [0, 0.05) is 19.7 Å². The van der Waals surface area contributed by atoms with Crippen molar-refractivity contribution in [3.63, 3.8) is 0 Å². The minimum atomic E-state index is -0.679. The van der Waals surface area contributed by atoms with Crippen LogP contribution in [-0.4, -0.2) is 47.3 Å². The van der Waals surface area contributed by atoms with Gasteiger partial charge in [0.05, 0.1) is 5.92 Å². The van der Waals surface area contributed by atoms with Crippen molar-refractivity contribution in [2.45, 2.75) is 19.8 Å². The number of hydrogen-bond donors (Lipinski definition) is 2. The number of carboxylic acids is 1. The van der Waals surface area contributed by atoms with Crippen LogP contribution in [0.2, 0.25) is 0 Å². The van der Waals surface area contributed by atoms with E-state index in [1.165, 1.54) is 0 Å². The van der Waals surface area contributed by atoms with Crippen molar-refractivity contribution in [1.82, 2.24) is 4.90 Å². The SMILES string of the molecule is CC1CN(CCCCO)CC1C(=O)O. The van der Waals surface area contributed by atoms with Crippen LogP contribution in [0.15, 0.2) is 0 Å². The topological polar surface area (TPSA) is 60.8 Å². The van der Waals surface area contributed by atoms with Crippen molar-refractivity contribution in [3.05, 3.63) is 0 Å². The summed E-state index contributed by atoms with van der Waals surface area (Å²) in [6.07, 6.45) is 1.76. The van der Waals surface area contributed by atoms with Gasteiger partial charge in [0.2, 0.25) is 0 Å². The fraction of sp³-hybridized carbons (Fsp3) is 0.900. The van der Waals surface area contributed by atoms with Crippen LogP contribution in [0.4, 0.5) is 0 Å². The molecule has 0 saturated carbocycles. The van der Waals surface area contributed by atoms with E-state index < -0.39 is 5.97 Å². The summed E-state index contributed by atoms with van der Waals surface area (Å²) in [6, 6.07) is 0. The van der Waals surface area contributed by atoms with Gasteiger partial charge in [-0.2, -0.15) is 0 Å². The van der Waals surface area contributed by atoms with Crippen LogP contribution in [0.1, 0.15) is 19.8 Å². The van der Waals surface area contributed by atoms with Gasteiger partial charge in [-0.1, -0.05) is 6.92 Å². The molecular formula is C10H19NO3. The molecule has 2 N–H and O–H groups in total. The Hall–Kier alpha value is -0.610. The highest BCUT2D eigenvalue weighted by atomic mass is 16.4. The number of aliphatic hydroxyl groups is 1. The molecule has 1 fully saturated rings. The van der Waals surface area contributed by atoms with Crippen molar-refractivity contribution in [3.8, 4) is 0 Å². The van der Waals surface area contributed by atoms with Crippen LogP contribution in [0, 0.1) is 11.8 Å². The number of nitrogens with zero attached hydrogens (tertiary/aromatic N) is 1. The van der Waals surface area contributed by atoms with Gasteiger partial charge >= 0.3 is 5.97 Å². The van der Waals surface area contributed by atoms with Gasteiger partial charge in [0.15, 0.2) is 0 Å². The first-order valence-corrected chi connectivity index (χ1v) is 5.21. The third-order valence-corrected chi connectivity index (χ3v) is 2.89. The van der Waals surface area contributed by atoms with Gasteiger partial charge in [-0.25, -0.2) is 0 Å². The highest BCUT2D eigenvalue weighted by molar-refractivity contribution is 5.71. The average Bonchev–Trinajstić information content (AvgIpc) is 2.47. The van der Waals surface area contributed by atoms with Crippen molar-refractivity contribution in [2.24, 2.45) is 11.8 Å². The van der Waals surface area contributed by atoms with E-state index in [2.05, 4.69) is 4.90 Å². The number of carboxylic acid groups (broad SMARTS) is 1. The van der Waals surface area contributed by atoms with E-state index in [1.54, 1.807) is 0 Å². The second kappa shape index (κ2) is 5.32. The number of rotatable bonds is 5. The first-order chi connectivity index (χ1) is 6.65. The number of carbonyl (C=O) groups is 1. The number of unbranched alkanes of at least 4 members (excludes halogenated alkanes) is 1. The Morgan fingerprint density at radius 1 is 1.43 bits per heavy atom. The van der Waals surface area contributed by atoms with Crippen molar-refractivity contribution < 1.29 is 15.0 Å². The second-order valence-corrected chi connectivity index (χ2v) is 4.11. The normalized spacial score (nSPS) is 28.1. The molecule has 4 heteroatoms. The van der Waals surface area contributed by atoms with Gasteiger partial charge in [-0.05, 0) is 25.3 Å². The van der Waals surface area contributed by atoms with Crippen LogP contribution < -0.4 is 0 Å². The third-order valence-electron chi connectivity index (χ3n) is 2.89. The summed E-state index contributed by atoms with van der Waals surface area (Å²) in [5.41, 5.74) is 0. The Morgan fingerprint density at radius 3 is 2.64 bits per heavy atom. The lowest BCUT2D eigenvalue weighted by atomic mass is 9.99. The van der Waals surface area contributed by atoms with Crippen LogP contribution >= 0.6 is 0 Å². The van der Waals surface area contributed by atoms with E-state index in [1.807, 2.05) is 6.92 Å². The molecule has 0 aromatic heterocycles. The van der Waals surface area contributed by atoms with Crippen molar-refractivity contribution in [2.75, 3.05) is 26.2 Å². The molecule has 1 rings (SSSR count). The molecule has 1 aliphatic heterocycles. The van der Waals surface area contributed by atoms with Gasteiger partial charge in [0.25, 0.3) is 0 Å². The predicted octanol–water partition coefficient (Wildman–Crippen LogP) is 0.411. The zero-order chi connectivity index (χ0) is 10.6. The Balaban J connectivity index is 2.28. The smallest absolute Gasteiger partial charge is 0.308 e. The van der Waals surface area contributed by atoms with Crippen LogP contribution in [0.25, 0.3) is 0 Å². The van der Waals surface area contributed by atoms with Crippen LogP contribution in [-0.2, 0) is 4.79 Å². The maximum absolute atomic E-state index is 10.8. The molecule has 1 heterocycles. The first kappa shape index (κ1) is 11.5. The molecule has 14 heavy (non-hydrogen) atoms. The Labute approximate surface area is 84.5 Å². The van der Waals surface area contributed by atoms with Gasteiger partial charge in [-0.3, -0.25) is 4.79 Å². The summed E-state index contributed by atoms with van der Waals surface area (Å²) in [6.45, 7) is 4.68. The summed E-state index contributed by atoms with van der Waals surface area (Å²) in [5.74, 6) is -0.632. The van der Waals surface area contributed by atoms with Crippen LogP contribution in [0.5, 0.6) is 0 Å². The number of aliphatic hydroxyl groups excluding tert-OH is 1. The van der Waals surface area contributed by atoms with E-state index in [0.717, 1.165) is 25.9 Å². The standard InChI is InChI=1S/C10H19NO3/c1-8-6-11(4-2-3-5-12)7-9(8)10(13)14/h8-9,12H,2-7H2,1H3,(H,13,14). The molecule has 82 valence electrons. The minimum Gasteiger partial charge on any atom is -0.481 e. The van der Waals surface area contributed by atoms with E-state index >= 15 is 0 Å². The van der Waals surface area contributed by atoms with E-state index in [4.69, 9.17) is 10.2 Å². The van der Waals surface area contributed by atoms with Crippen molar-refractivity contribution >= 4 is 5.97 Å². The van der Waals surface area contributed by atoms with Gasteiger partial charge in [0.1, 0.15) is 0 Å². The third kappa shape index (κ3) is 2.96. The lowest BCUT2D eigenvalue weighted by Gasteiger charge is -2.14. The summed E-state index contributed by atoms with van der Waals surface area (Å²) in [7, 11) is 0. The average molecular weight is 201 g/mol. The molecule has 0 amide bonds. The molecular weight excluding hydrogens is 182 g/mol. The Morgan fingerprint density at radius 2 is 2.14 bits per heavy atom. The molecule has 2 unspecified atom stereocenters. The summed E-state index contributed by atoms with van der Waals surface area (Å²) in [5, 5.41) is 17.5. The minimum absolute atomic E-state index is 0.205. The second-order valence-electron chi connectivity index (χ2n) is 4.11. The summed E-state index contributed by atoms with van der Waals surface area (Å²) >= 11 is 0. The molecule has 0 aliphatic carbocycles. The first-order valence-electron chi connectivity index (χ1n) is 5.21. The van der Waals surface area contributed by atoms with Crippen molar-refractivity contribution in [1.29, 1.82) is 0 Å². The van der Waals surface area contributed by atoms with Crippen LogP contribution in [0.3, 0.4) is 0 Å². The van der Waals surface area contributed by atoms with E-state index in [9.17, 15) is 4.79 Å². The zero-order valence-electron chi connectivity index (χ0n) is 8.65. The largest absolute Gasteiger partial charge is 0.481 e. The molecule has 0 spiro atoms. The monoisotopic (exact) mass is 201 g/mol. The zero-order valence-corrected chi connectivity index (χ0v) is 8.65. The number of likely N-dealkylation sites (tertiary alicyclic amines) is 1. The predicted molar refractivity (Wildman–Crippen MR) is 53.0 cm³/mol. The van der Waals surface area contributed by atoms with Gasteiger partial charge < -0.3 is 15.1 Å². The molecule has 1 saturated heterocycles. The summed E-state index contributed by atoms with van der Waals surface area (Å²) in [4.78, 5) is 13.0. The number of hydrogen-bond acceptors (Lipinski definition) is 3. The fourth-order valence-electron chi connectivity index (χ4n) is 2.02. The molecule has 2 atom stereocenters. The number of aliphatic carboxylic acids is 1. The summed E-state index contributed by atoms with van der Waals surface area (Å²) < 4.78 is 0.